The van der Waals surface area contributed by atoms with Crippen LogP contribution in [0.15, 0.2) is 47.4 Å². The molecule has 0 unspecified atom stereocenters. The summed E-state index contributed by atoms with van der Waals surface area (Å²) in [6.07, 6.45) is 0.607. The van der Waals surface area contributed by atoms with Gasteiger partial charge in [-0.3, -0.25) is 4.31 Å². The Morgan fingerprint density at radius 1 is 1.04 bits per heavy atom. The molecule has 8 heteroatoms. The highest BCUT2D eigenvalue weighted by molar-refractivity contribution is 9.09. The topological polar surface area (TPSA) is 37.4 Å². The number of anilines is 1. The summed E-state index contributed by atoms with van der Waals surface area (Å²) in [7, 11) is -3.80. The van der Waals surface area contributed by atoms with Crippen molar-refractivity contribution in [1.82, 2.24) is 0 Å². The van der Waals surface area contributed by atoms with Crippen LogP contribution in [0.25, 0.3) is 0 Å². The standard InChI is InChI=1S/C16H15BrCl3NO2S/c1-11(17)8-9-21(16-10-13(19)4-7-15(16)20)24(22,23)14-5-2-12(18)3-6-14/h2-7,10-11H,8-9H2,1H3/t11-/m1/s1. The van der Waals surface area contributed by atoms with Crippen molar-refractivity contribution >= 4 is 66.4 Å². The van der Waals surface area contributed by atoms with Gasteiger partial charge in [-0.1, -0.05) is 57.7 Å². The number of alkyl halides is 1. The summed E-state index contributed by atoms with van der Waals surface area (Å²) >= 11 is 21.6. The predicted molar refractivity (Wildman–Crippen MR) is 105 cm³/mol. The minimum absolute atomic E-state index is 0.144. The van der Waals surface area contributed by atoms with Gasteiger partial charge in [-0.05, 0) is 48.9 Å². The van der Waals surface area contributed by atoms with Crippen LogP contribution in [0, 0.1) is 0 Å². The quantitative estimate of drug-likeness (QED) is 0.484. The van der Waals surface area contributed by atoms with E-state index in [4.69, 9.17) is 34.8 Å². The molecule has 0 amide bonds. The molecule has 0 spiro atoms. The second-order valence-corrected chi connectivity index (χ2v) is 9.90. The Labute approximate surface area is 165 Å². The molecular formula is C16H15BrCl3NO2S. The Morgan fingerprint density at radius 2 is 1.62 bits per heavy atom. The Morgan fingerprint density at radius 3 is 2.21 bits per heavy atom. The van der Waals surface area contributed by atoms with Crippen molar-refractivity contribution in [3.05, 3.63) is 57.5 Å². The van der Waals surface area contributed by atoms with Gasteiger partial charge in [0.25, 0.3) is 10.0 Å². The fourth-order valence-electron chi connectivity index (χ4n) is 2.08. The van der Waals surface area contributed by atoms with Gasteiger partial charge in [-0.2, -0.15) is 0 Å². The van der Waals surface area contributed by atoms with Gasteiger partial charge in [-0.15, -0.1) is 0 Å². The van der Waals surface area contributed by atoms with Crippen LogP contribution in [0.3, 0.4) is 0 Å². The van der Waals surface area contributed by atoms with Crippen LogP contribution in [-0.4, -0.2) is 19.8 Å². The van der Waals surface area contributed by atoms with Crippen molar-refractivity contribution in [3.63, 3.8) is 0 Å². The highest BCUT2D eigenvalue weighted by atomic mass is 79.9. The number of benzene rings is 2. The minimum atomic E-state index is -3.80. The normalized spacial score (nSPS) is 12.9. The van der Waals surface area contributed by atoms with Gasteiger partial charge < -0.3 is 0 Å². The summed E-state index contributed by atoms with van der Waals surface area (Å²) in [5, 5.41) is 1.20. The highest BCUT2D eigenvalue weighted by Gasteiger charge is 2.27. The van der Waals surface area contributed by atoms with Crippen molar-refractivity contribution in [2.75, 3.05) is 10.8 Å². The van der Waals surface area contributed by atoms with Gasteiger partial charge in [0.2, 0.25) is 0 Å². The van der Waals surface area contributed by atoms with Crippen molar-refractivity contribution in [1.29, 1.82) is 0 Å². The third kappa shape index (κ3) is 4.79. The fraction of sp³-hybridized carbons (Fsp3) is 0.250. The van der Waals surface area contributed by atoms with Crippen molar-refractivity contribution in [3.8, 4) is 0 Å². The molecule has 3 nitrogen and oxygen atoms in total. The largest absolute Gasteiger partial charge is 0.265 e. The molecule has 0 aliphatic heterocycles. The van der Waals surface area contributed by atoms with Gasteiger partial charge in [0.1, 0.15) is 0 Å². The molecule has 1 atom stereocenters. The van der Waals surface area contributed by atoms with Gasteiger partial charge >= 0.3 is 0 Å². The Bertz CT molecular complexity index is 811. The maximum absolute atomic E-state index is 13.1. The average Bonchev–Trinajstić information content (AvgIpc) is 2.50. The van der Waals surface area contributed by atoms with Gasteiger partial charge in [0, 0.05) is 21.4 Å². The van der Waals surface area contributed by atoms with E-state index in [9.17, 15) is 8.42 Å². The van der Waals surface area contributed by atoms with E-state index in [0.717, 1.165) is 0 Å². The zero-order valence-electron chi connectivity index (χ0n) is 12.7. The van der Waals surface area contributed by atoms with Crippen LogP contribution in [0.5, 0.6) is 0 Å². The maximum atomic E-state index is 13.1. The van der Waals surface area contributed by atoms with Crippen LogP contribution in [-0.2, 0) is 10.0 Å². The summed E-state index contributed by atoms with van der Waals surface area (Å²) in [5.41, 5.74) is 0.354. The lowest BCUT2D eigenvalue weighted by molar-refractivity contribution is 0.589. The van der Waals surface area contributed by atoms with Gasteiger partial charge in [-0.25, -0.2) is 8.42 Å². The summed E-state index contributed by atoms with van der Waals surface area (Å²) in [6, 6.07) is 10.8. The minimum Gasteiger partial charge on any atom is -0.265 e. The Balaban J connectivity index is 2.52. The number of hydrogen-bond donors (Lipinski definition) is 0. The molecule has 0 aliphatic rings. The number of halogens is 4. The van der Waals surface area contributed by atoms with E-state index >= 15 is 0 Å². The second kappa shape index (κ2) is 8.28. The number of sulfonamides is 1. The van der Waals surface area contributed by atoms with Crippen LogP contribution in [0.4, 0.5) is 5.69 Å². The second-order valence-electron chi connectivity index (χ2n) is 5.20. The molecule has 0 aliphatic carbocycles. The Hall–Kier alpha value is -0.460. The number of rotatable bonds is 6. The molecule has 0 aromatic heterocycles. The van der Waals surface area contributed by atoms with E-state index < -0.39 is 10.0 Å². The molecule has 0 saturated carbocycles. The smallest absolute Gasteiger partial charge is 0.264 e. The molecule has 0 saturated heterocycles. The van der Waals surface area contributed by atoms with Crippen LogP contribution in [0.2, 0.25) is 15.1 Å². The summed E-state index contributed by atoms with van der Waals surface area (Å²) in [6.45, 7) is 2.21. The summed E-state index contributed by atoms with van der Waals surface area (Å²) < 4.78 is 27.5. The van der Waals surface area contributed by atoms with Gasteiger partial charge in [0.05, 0.1) is 15.6 Å². The monoisotopic (exact) mass is 469 g/mol. The maximum Gasteiger partial charge on any atom is 0.264 e. The first-order valence-electron chi connectivity index (χ1n) is 7.09. The first-order chi connectivity index (χ1) is 11.2. The molecular weight excluding hydrogens is 457 g/mol. The van der Waals surface area contributed by atoms with E-state index in [-0.39, 0.29) is 16.3 Å². The zero-order valence-corrected chi connectivity index (χ0v) is 17.4. The third-order valence-corrected chi connectivity index (χ3v) is 6.40. The molecule has 130 valence electrons. The van der Waals surface area contributed by atoms with Gasteiger partial charge in [0.15, 0.2) is 0 Å². The van der Waals surface area contributed by atoms with Crippen LogP contribution in [0.1, 0.15) is 13.3 Å². The molecule has 2 aromatic rings. The molecule has 0 radical (unpaired) electrons. The van der Waals surface area contributed by atoms with Crippen molar-refractivity contribution < 1.29 is 8.42 Å². The fourth-order valence-corrected chi connectivity index (χ4v) is 4.33. The zero-order chi connectivity index (χ0) is 17.9. The molecule has 0 heterocycles. The Kier molecular flexibility index (Phi) is 6.85. The third-order valence-electron chi connectivity index (χ3n) is 3.31. The van der Waals surface area contributed by atoms with E-state index in [1.165, 1.54) is 16.4 Å². The molecule has 24 heavy (non-hydrogen) atoms. The van der Waals surface area contributed by atoms with E-state index in [1.807, 2.05) is 6.92 Å². The molecule has 0 fully saturated rings. The molecule has 0 bridgehead atoms. The molecule has 2 rings (SSSR count). The first-order valence-corrected chi connectivity index (χ1v) is 10.6. The van der Waals surface area contributed by atoms with Crippen LogP contribution < -0.4 is 4.31 Å². The van der Waals surface area contributed by atoms with E-state index in [1.54, 1.807) is 30.3 Å². The lowest BCUT2D eigenvalue weighted by Crippen LogP contribution is -2.33. The summed E-state index contributed by atoms with van der Waals surface area (Å²) in [5.74, 6) is 0. The predicted octanol–water partition coefficient (Wildman–Crippen LogP) is 6.02. The lowest BCUT2D eigenvalue weighted by atomic mass is 10.3. The average molecular weight is 472 g/mol. The van der Waals surface area contributed by atoms with Crippen molar-refractivity contribution in [2.45, 2.75) is 23.1 Å². The molecule has 0 N–H and O–H groups in total. The number of nitrogens with zero attached hydrogens (tertiary/aromatic N) is 1. The SMILES string of the molecule is C[C@@H](Br)CCN(c1cc(Cl)ccc1Cl)S(=O)(=O)c1ccc(Cl)cc1. The summed E-state index contributed by atoms with van der Waals surface area (Å²) in [4.78, 5) is 0.295. The highest BCUT2D eigenvalue weighted by Crippen LogP contribution is 2.33. The van der Waals surface area contributed by atoms with Crippen LogP contribution >= 0.6 is 50.7 Å². The van der Waals surface area contributed by atoms with E-state index in [2.05, 4.69) is 15.9 Å². The number of hydrogen-bond acceptors (Lipinski definition) is 2. The van der Waals surface area contributed by atoms with E-state index in [0.29, 0.717) is 27.2 Å². The molecule has 2 aromatic carbocycles. The van der Waals surface area contributed by atoms with Crippen molar-refractivity contribution in [2.24, 2.45) is 0 Å². The first kappa shape index (κ1) is 19.9. The lowest BCUT2D eigenvalue weighted by Gasteiger charge is -2.26.